The smallest absolute Gasteiger partial charge is 0.253 e. The number of ether oxygens (including phenoxy) is 2. The molecule has 0 aromatic rings. The second-order valence-corrected chi connectivity index (χ2v) is 5.61. The molecule has 5 nitrogen and oxygen atoms in total. The van der Waals surface area contributed by atoms with Gasteiger partial charge in [-0.15, -0.1) is 0 Å². The predicted molar refractivity (Wildman–Crippen MR) is 67.0 cm³/mol. The quantitative estimate of drug-likeness (QED) is 0.668. The van der Waals surface area contributed by atoms with Crippen molar-refractivity contribution in [3.05, 3.63) is 12.2 Å². The van der Waals surface area contributed by atoms with Crippen LogP contribution in [0, 0.1) is 0 Å². The minimum atomic E-state index is -0.604. The monoisotopic (exact) mass is 255 g/mol. The van der Waals surface area contributed by atoms with Crippen molar-refractivity contribution in [2.75, 3.05) is 20.3 Å². The second-order valence-electron chi connectivity index (χ2n) is 5.61. The first kappa shape index (κ1) is 14.9. The number of carbonyl (C=O) groups excluding carboxylic acids is 2. The molecule has 18 heavy (non-hydrogen) atoms. The molecule has 0 saturated carbocycles. The van der Waals surface area contributed by atoms with Crippen LogP contribution in [0.15, 0.2) is 12.2 Å². The van der Waals surface area contributed by atoms with E-state index in [1.54, 1.807) is 7.11 Å². The van der Waals surface area contributed by atoms with Crippen molar-refractivity contribution in [2.24, 2.45) is 0 Å². The number of amides is 2. The molecule has 0 unspecified atom stereocenters. The molecule has 1 aliphatic rings. The van der Waals surface area contributed by atoms with Crippen LogP contribution in [-0.2, 0) is 19.1 Å². The van der Waals surface area contributed by atoms with E-state index in [9.17, 15) is 9.59 Å². The van der Waals surface area contributed by atoms with Crippen molar-refractivity contribution >= 4 is 11.8 Å². The third-order valence-corrected chi connectivity index (χ3v) is 2.80. The van der Waals surface area contributed by atoms with Gasteiger partial charge in [0.05, 0.1) is 24.4 Å². The largest absolute Gasteiger partial charge is 0.376 e. The minimum absolute atomic E-state index is 0.234. The Labute approximate surface area is 108 Å². The number of hydrogen-bond acceptors (Lipinski definition) is 4. The number of methoxy groups -OCH3 is 1. The van der Waals surface area contributed by atoms with Gasteiger partial charge in [-0.1, -0.05) is 0 Å². The fourth-order valence-corrected chi connectivity index (χ4v) is 1.44. The van der Waals surface area contributed by atoms with Crippen molar-refractivity contribution in [1.82, 2.24) is 4.90 Å². The Morgan fingerprint density at radius 1 is 1.06 bits per heavy atom. The number of hydrogen-bond donors (Lipinski definition) is 0. The highest BCUT2D eigenvalue weighted by Gasteiger charge is 2.32. The van der Waals surface area contributed by atoms with E-state index in [2.05, 4.69) is 0 Å². The zero-order valence-electron chi connectivity index (χ0n) is 11.6. The van der Waals surface area contributed by atoms with E-state index in [4.69, 9.17) is 9.47 Å². The Kier molecular flexibility index (Phi) is 4.29. The number of carbonyl (C=O) groups is 2. The Morgan fingerprint density at radius 2 is 1.56 bits per heavy atom. The van der Waals surface area contributed by atoms with E-state index in [1.165, 1.54) is 17.1 Å². The molecule has 0 N–H and O–H groups in total. The molecule has 1 aliphatic heterocycles. The first-order chi connectivity index (χ1) is 8.17. The third-order valence-electron chi connectivity index (χ3n) is 2.80. The molecule has 0 atom stereocenters. The van der Waals surface area contributed by atoms with E-state index in [-0.39, 0.29) is 18.4 Å². The first-order valence-electron chi connectivity index (χ1n) is 5.89. The van der Waals surface area contributed by atoms with Crippen molar-refractivity contribution in [1.29, 1.82) is 0 Å². The Hall–Kier alpha value is -1.20. The SMILES string of the molecule is COC(C)(C)COC(C)(C)CN1C(=O)C=CC1=O. The third kappa shape index (κ3) is 3.92. The van der Waals surface area contributed by atoms with E-state index < -0.39 is 11.2 Å². The highest BCUT2D eigenvalue weighted by Crippen LogP contribution is 2.18. The van der Waals surface area contributed by atoms with Crippen LogP contribution < -0.4 is 0 Å². The van der Waals surface area contributed by atoms with Gasteiger partial charge >= 0.3 is 0 Å². The molecule has 1 rings (SSSR count). The second kappa shape index (κ2) is 5.20. The van der Waals surface area contributed by atoms with Gasteiger partial charge in [-0.2, -0.15) is 0 Å². The van der Waals surface area contributed by atoms with E-state index in [0.717, 1.165) is 0 Å². The van der Waals surface area contributed by atoms with Gasteiger partial charge in [0.2, 0.25) is 0 Å². The van der Waals surface area contributed by atoms with E-state index >= 15 is 0 Å². The van der Waals surface area contributed by atoms with Gasteiger partial charge in [0, 0.05) is 19.3 Å². The molecule has 0 aliphatic carbocycles. The Morgan fingerprint density at radius 3 is 2.00 bits per heavy atom. The Balaban J connectivity index is 2.55. The lowest BCUT2D eigenvalue weighted by atomic mass is 10.1. The van der Waals surface area contributed by atoms with Crippen LogP contribution in [0.2, 0.25) is 0 Å². The summed E-state index contributed by atoms with van der Waals surface area (Å²) in [5, 5.41) is 0. The van der Waals surface area contributed by atoms with Gasteiger partial charge in [0.1, 0.15) is 0 Å². The number of nitrogens with zero attached hydrogens (tertiary/aromatic N) is 1. The highest BCUT2D eigenvalue weighted by molar-refractivity contribution is 6.12. The highest BCUT2D eigenvalue weighted by atomic mass is 16.5. The standard InChI is InChI=1S/C13H21NO4/c1-12(2,18-9-13(3,4)17-5)8-14-10(15)6-7-11(14)16/h6-7H,8-9H2,1-5H3. The van der Waals surface area contributed by atoms with Gasteiger partial charge in [-0.3, -0.25) is 14.5 Å². The summed E-state index contributed by atoms with van der Waals surface area (Å²) in [5.41, 5.74) is -0.998. The molecular weight excluding hydrogens is 234 g/mol. The van der Waals surface area contributed by atoms with E-state index in [1.807, 2.05) is 27.7 Å². The zero-order chi connectivity index (χ0) is 14.0. The fraction of sp³-hybridized carbons (Fsp3) is 0.692. The van der Waals surface area contributed by atoms with Crippen LogP contribution in [0.3, 0.4) is 0 Å². The molecule has 1 heterocycles. The molecule has 0 aromatic heterocycles. The first-order valence-corrected chi connectivity index (χ1v) is 5.89. The molecule has 5 heteroatoms. The molecule has 0 spiro atoms. The average Bonchev–Trinajstić information content (AvgIpc) is 2.58. The van der Waals surface area contributed by atoms with Crippen LogP contribution >= 0.6 is 0 Å². The van der Waals surface area contributed by atoms with Crippen molar-refractivity contribution in [3.63, 3.8) is 0 Å². The maximum atomic E-state index is 11.5. The average molecular weight is 255 g/mol. The molecule has 0 bridgehead atoms. The lowest BCUT2D eigenvalue weighted by Gasteiger charge is -2.33. The lowest BCUT2D eigenvalue weighted by molar-refractivity contribution is -0.146. The zero-order valence-corrected chi connectivity index (χ0v) is 11.6. The fourth-order valence-electron chi connectivity index (χ4n) is 1.44. The van der Waals surface area contributed by atoms with Gasteiger partial charge in [0.25, 0.3) is 11.8 Å². The molecule has 0 saturated heterocycles. The van der Waals surface area contributed by atoms with Gasteiger partial charge in [0.15, 0.2) is 0 Å². The number of imide groups is 1. The molecular formula is C13H21NO4. The van der Waals surface area contributed by atoms with Gasteiger partial charge in [-0.25, -0.2) is 0 Å². The van der Waals surface area contributed by atoms with E-state index in [0.29, 0.717) is 6.61 Å². The molecule has 0 fully saturated rings. The summed E-state index contributed by atoms with van der Waals surface area (Å²) in [6, 6.07) is 0. The molecule has 102 valence electrons. The van der Waals surface area contributed by atoms with Crippen LogP contribution in [0.1, 0.15) is 27.7 Å². The summed E-state index contributed by atoms with van der Waals surface area (Å²) >= 11 is 0. The van der Waals surface area contributed by atoms with Crippen LogP contribution in [0.5, 0.6) is 0 Å². The summed E-state index contributed by atoms with van der Waals surface area (Å²) < 4.78 is 11.0. The van der Waals surface area contributed by atoms with Crippen molar-refractivity contribution < 1.29 is 19.1 Å². The van der Waals surface area contributed by atoms with Crippen LogP contribution in [0.4, 0.5) is 0 Å². The van der Waals surface area contributed by atoms with Crippen LogP contribution in [-0.4, -0.2) is 48.2 Å². The van der Waals surface area contributed by atoms with Gasteiger partial charge in [-0.05, 0) is 27.7 Å². The molecule has 0 aromatic carbocycles. The number of rotatable bonds is 6. The maximum absolute atomic E-state index is 11.5. The maximum Gasteiger partial charge on any atom is 0.253 e. The molecule has 2 amide bonds. The minimum Gasteiger partial charge on any atom is -0.376 e. The Bertz CT molecular complexity index is 353. The summed E-state index contributed by atoms with van der Waals surface area (Å²) in [6.45, 7) is 8.14. The van der Waals surface area contributed by atoms with Crippen molar-refractivity contribution in [3.8, 4) is 0 Å². The summed E-state index contributed by atoms with van der Waals surface area (Å²) in [7, 11) is 1.62. The predicted octanol–water partition coefficient (Wildman–Crippen LogP) is 1.13. The molecule has 0 radical (unpaired) electrons. The van der Waals surface area contributed by atoms with Gasteiger partial charge < -0.3 is 9.47 Å². The van der Waals surface area contributed by atoms with Crippen molar-refractivity contribution in [2.45, 2.75) is 38.9 Å². The topological polar surface area (TPSA) is 55.8 Å². The lowest BCUT2D eigenvalue weighted by Crippen LogP contribution is -2.46. The van der Waals surface area contributed by atoms with Crippen LogP contribution in [0.25, 0.3) is 0 Å². The summed E-state index contributed by atoms with van der Waals surface area (Å²) in [6.07, 6.45) is 2.55. The summed E-state index contributed by atoms with van der Waals surface area (Å²) in [4.78, 5) is 24.1. The normalized spacial score (nSPS) is 16.8. The summed E-state index contributed by atoms with van der Waals surface area (Å²) in [5.74, 6) is -0.578.